The summed E-state index contributed by atoms with van der Waals surface area (Å²) < 4.78 is 0. The molecule has 0 radical (unpaired) electrons. The molecule has 1 atom stereocenters. The Labute approximate surface area is 122 Å². The third-order valence-corrected chi connectivity index (χ3v) is 3.97. The van der Waals surface area contributed by atoms with Crippen molar-refractivity contribution in [2.45, 2.75) is 13.8 Å². The summed E-state index contributed by atoms with van der Waals surface area (Å²) >= 11 is 6.05. The molecular weight excluding hydrogens is 280 g/mol. The zero-order valence-corrected chi connectivity index (χ0v) is 12.1. The molecule has 0 spiro atoms. The van der Waals surface area contributed by atoms with Gasteiger partial charge in [-0.2, -0.15) is 0 Å². The largest absolute Gasteiger partial charge is 0.481 e. The Morgan fingerprint density at radius 2 is 2.10 bits per heavy atom. The van der Waals surface area contributed by atoms with Gasteiger partial charge in [-0.05, 0) is 24.6 Å². The highest BCUT2D eigenvalue weighted by Gasteiger charge is 2.37. The van der Waals surface area contributed by atoms with Crippen LogP contribution in [0, 0.1) is 18.8 Å². The number of benzene rings is 1. The summed E-state index contributed by atoms with van der Waals surface area (Å²) in [4.78, 5) is 24.4. The van der Waals surface area contributed by atoms with Crippen molar-refractivity contribution in [3.05, 3.63) is 28.8 Å². The third-order valence-electron chi connectivity index (χ3n) is 3.66. The lowest BCUT2D eigenvalue weighted by atomic mass is 9.87. The molecule has 1 unspecified atom stereocenters. The Kier molecular flexibility index (Phi) is 4.18. The SMILES string of the molecule is Cc1ccc(NC(=O)N2CC(C(C)C(=O)O)C2)c(Cl)c1. The van der Waals surface area contributed by atoms with Gasteiger partial charge in [0.15, 0.2) is 0 Å². The van der Waals surface area contributed by atoms with Crippen LogP contribution in [0.3, 0.4) is 0 Å². The maximum atomic E-state index is 12.0. The Hall–Kier alpha value is -1.75. The van der Waals surface area contributed by atoms with E-state index in [1.807, 2.05) is 13.0 Å². The molecule has 1 aliphatic rings. The number of hydrogen-bond acceptors (Lipinski definition) is 2. The second-order valence-electron chi connectivity index (χ2n) is 5.21. The van der Waals surface area contributed by atoms with E-state index in [9.17, 15) is 9.59 Å². The number of urea groups is 1. The van der Waals surface area contributed by atoms with E-state index in [4.69, 9.17) is 16.7 Å². The molecule has 20 heavy (non-hydrogen) atoms. The van der Waals surface area contributed by atoms with E-state index >= 15 is 0 Å². The highest BCUT2D eigenvalue weighted by Crippen LogP contribution is 2.27. The maximum absolute atomic E-state index is 12.0. The molecule has 1 heterocycles. The van der Waals surface area contributed by atoms with Crippen molar-refractivity contribution in [2.24, 2.45) is 11.8 Å². The van der Waals surface area contributed by atoms with E-state index in [1.165, 1.54) is 0 Å². The van der Waals surface area contributed by atoms with Gasteiger partial charge in [-0.15, -0.1) is 0 Å². The summed E-state index contributed by atoms with van der Waals surface area (Å²) in [5, 5.41) is 12.1. The molecule has 1 aromatic carbocycles. The summed E-state index contributed by atoms with van der Waals surface area (Å²) in [6.45, 7) is 4.51. The number of halogens is 1. The van der Waals surface area contributed by atoms with E-state index in [-0.39, 0.29) is 11.9 Å². The van der Waals surface area contributed by atoms with Gasteiger partial charge in [0.25, 0.3) is 0 Å². The number of amides is 2. The highest BCUT2D eigenvalue weighted by molar-refractivity contribution is 6.33. The lowest BCUT2D eigenvalue weighted by Gasteiger charge is -2.41. The first-order chi connectivity index (χ1) is 9.38. The molecule has 0 aliphatic carbocycles. The predicted molar refractivity (Wildman–Crippen MR) is 77.1 cm³/mol. The fraction of sp³-hybridized carbons (Fsp3) is 0.429. The zero-order chi connectivity index (χ0) is 14.9. The number of carboxylic acids is 1. The van der Waals surface area contributed by atoms with Crippen LogP contribution >= 0.6 is 11.6 Å². The van der Waals surface area contributed by atoms with Crippen LogP contribution in [0.5, 0.6) is 0 Å². The van der Waals surface area contributed by atoms with Crippen molar-refractivity contribution in [3.63, 3.8) is 0 Å². The van der Waals surface area contributed by atoms with Crippen LogP contribution in [-0.2, 0) is 4.79 Å². The molecule has 1 aromatic rings. The van der Waals surface area contributed by atoms with Gasteiger partial charge in [0, 0.05) is 19.0 Å². The topological polar surface area (TPSA) is 69.6 Å². The number of likely N-dealkylation sites (tertiary alicyclic amines) is 1. The molecule has 1 aliphatic heterocycles. The van der Waals surface area contributed by atoms with Crippen molar-refractivity contribution in [2.75, 3.05) is 18.4 Å². The van der Waals surface area contributed by atoms with Crippen LogP contribution in [0.4, 0.5) is 10.5 Å². The van der Waals surface area contributed by atoms with Crippen LogP contribution in [-0.4, -0.2) is 35.1 Å². The number of nitrogens with zero attached hydrogens (tertiary/aromatic N) is 1. The van der Waals surface area contributed by atoms with Crippen LogP contribution in [0.25, 0.3) is 0 Å². The van der Waals surface area contributed by atoms with Gasteiger partial charge in [-0.3, -0.25) is 4.79 Å². The normalized spacial score (nSPS) is 16.4. The first kappa shape index (κ1) is 14.7. The lowest BCUT2D eigenvalue weighted by Crippen LogP contribution is -2.54. The number of carboxylic acid groups (broad SMARTS) is 1. The molecule has 6 heteroatoms. The molecule has 0 saturated carbocycles. The molecule has 0 bridgehead atoms. The van der Waals surface area contributed by atoms with Gasteiger partial charge in [0.1, 0.15) is 0 Å². The van der Waals surface area contributed by atoms with E-state index in [2.05, 4.69) is 5.32 Å². The van der Waals surface area contributed by atoms with Crippen molar-refractivity contribution < 1.29 is 14.7 Å². The number of nitrogens with one attached hydrogen (secondary N) is 1. The van der Waals surface area contributed by atoms with Crippen molar-refractivity contribution in [1.29, 1.82) is 0 Å². The molecule has 1 saturated heterocycles. The van der Waals surface area contributed by atoms with E-state index in [1.54, 1.807) is 24.0 Å². The second-order valence-corrected chi connectivity index (χ2v) is 5.61. The number of rotatable bonds is 3. The van der Waals surface area contributed by atoms with Crippen LogP contribution < -0.4 is 5.32 Å². The quantitative estimate of drug-likeness (QED) is 0.901. The average molecular weight is 297 g/mol. The van der Waals surface area contributed by atoms with Gasteiger partial charge in [0.2, 0.25) is 0 Å². The Morgan fingerprint density at radius 1 is 1.45 bits per heavy atom. The smallest absolute Gasteiger partial charge is 0.321 e. The molecule has 2 amide bonds. The Morgan fingerprint density at radius 3 is 2.65 bits per heavy atom. The van der Waals surface area contributed by atoms with Crippen molar-refractivity contribution in [3.8, 4) is 0 Å². The van der Waals surface area contributed by atoms with Gasteiger partial charge in [0.05, 0.1) is 16.6 Å². The van der Waals surface area contributed by atoms with Gasteiger partial charge < -0.3 is 15.3 Å². The zero-order valence-electron chi connectivity index (χ0n) is 11.4. The molecule has 108 valence electrons. The average Bonchev–Trinajstić information content (AvgIpc) is 2.30. The third kappa shape index (κ3) is 3.04. The van der Waals surface area contributed by atoms with Crippen LogP contribution in [0.2, 0.25) is 5.02 Å². The van der Waals surface area contributed by atoms with Crippen LogP contribution in [0.15, 0.2) is 18.2 Å². The van der Waals surface area contributed by atoms with E-state index < -0.39 is 11.9 Å². The van der Waals surface area contributed by atoms with E-state index in [0.717, 1.165) is 5.56 Å². The Balaban J connectivity index is 1.90. The maximum Gasteiger partial charge on any atom is 0.321 e. The minimum atomic E-state index is -0.823. The molecule has 2 N–H and O–H groups in total. The fourth-order valence-corrected chi connectivity index (χ4v) is 2.39. The number of aryl methyl sites for hydroxylation is 1. The molecule has 0 aromatic heterocycles. The minimum absolute atomic E-state index is 0.0201. The molecular formula is C14H17ClN2O3. The van der Waals surface area contributed by atoms with Crippen molar-refractivity contribution >= 4 is 29.3 Å². The second kappa shape index (κ2) is 5.71. The predicted octanol–water partition coefficient (Wildman–Crippen LogP) is 2.83. The van der Waals surface area contributed by atoms with Gasteiger partial charge in [-0.25, -0.2) is 4.79 Å². The molecule has 1 fully saturated rings. The monoisotopic (exact) mass is 296 g/mol. The summed E-state index contributed by atoms with van der Waals surface area (Å²) in [6, 6.07) is 5.16. The van der Waals surface area contributed by atoms with Gasteiger partial charge >= 0.3 is 12.0 Å². The first-order valence-corrected chi connectivity index (χ1v) is 6.81. The Bertz CT molecular complexity index is 541. The van der Waals surface area contributed by atoms with Gasteiger partial charge in [-0.1, -0.05) is 24.6 Å². The number of carbonyl (C=O) groups is 2. The fourth-order valence-electron chi connectivity index (χ4n) is 2.11. The van der Waals surface area contributed by atoms with Crippen molar-refractivity contribution in [1.82, 2.24) is 4.90 Å². The number of hydrogen-bond donors (Lipinski definition) is 2. The summed E-state index contributed by atoms with van der Waals surface area (Å²) in [6.07, 6.45) is 0. The summed E-state index contributed by atoms with van der Waals surface area (Å²) in [5.74, 6) is -1.23. The minimum Gasteiger partial charge on any atom is -0.481 e. The van der Waals surface area contributed by atoms with E-state index in [0.29, 0.717) is 23.8 Å². The van der Waals surface area contributed by atoms with Crippen LogP contribution in [0.1, 0.15) is 12.5 Å². The molecule has 2 rings (SSSR count). The number of anilines is 1. The summed E-state index contributed by atoms with van der Waals surface area (Å²) in [5.41, 5.74) is 1.59. The molecule has 5 nitrogen and oxygen atoms in total. The summed E-state index contributed by atoms with van der Waals surface area (Å²) in [7, 11) is 0. The standard InChI is InChI=1S/C14H17ClN2O3/c1-8-3-4-12(11(15)5-8)16-14(20)17-6-10(7-17)9(2)13(18)19/h3-5,9-10H,6-7H2,1-2H3,(H,16,20)(H,18,19). The lowest BCUT2D eigenvalue weighted by molar-refractivity contribution is -0.144. The first-order valence-electron chi connectivity index (χ1n) is 6.43. The number of aliphatic carboxylic acids is 1. The highest BCUT2D eigenvalue weighted by atomic mass is 35.5. The number of carbonyl (C=O) groups excluding carboxylic acids is 1.